The zero-order chi connectivity index (χ0) is 14.1. The van der Waals surface area contributed by atoms with Gasteiger partial charge in [-0.25, -0.2) is 0 Å². The van der Waals surface area contributed by atoms with Crippen LogP contribution in [0.3, 0.4) is 0 Å². The lowest BCUT2D eigenvalue weighted by Gasteiger charge is -2.10. The van der Waals surface area contributed by atoms with Crippen molar-refractivity contribution in [3.8, 4) is 0 Å². The molecule has 0 heterocycles. The molecule has 0 aliphatic carbocycles. The molecule has 0 aliphatic rings. The van der Waals surface area contributed by atoms with Gasteiger partial charge in [0.05, 0.1) is 4.92 Å². The Kier molecular flexibility index (Phi) is 6.81. The van der Waals surface area contributed by atoms with Gasteiger partial charge in [0.25, 0.3) is 5.69 Å². The lowest BCUT2D eigenvalue weighted by molar-refractivity contribution is -0.384. The van der Waals surface area contributed by atoms with Crippen LogP contribution in [0.4, 0.5) is 11.4 Å². The lowest BCUT2D eigenvalue weighted by Crippen LogP contribution is -2.29. The normalized spacial score (nSPS) is 9.95. The third-order valence-corrected chi connectivity index (χ3v) is 2.88. The summed E-state index contributed by atoms with van der Waals surface area (Å²) in [6.45, 7) is 2.99. The molecule has 2 N–H and O–H groups in total. The first-order valence-electron chi connectivity index (χ1n) is 6.42. The number of thiocarbonyl (C=S) groups is 1. The number of nitro groups is 1. The summed E-state index contributed by atoms with van der Waals surface area (Å²) in [7, 11) is 0. The van der Waals surface area contributed by atoms with Crippen LogP contribution in [0.1, 0.15) is 32.6 Å². The molecule has 1 aromatic rings. The molecule has 0 saturated heterocycles. The van der Waals surface area contributed by atoms with Gasteiger partial charge in [-0.05, 0) is 24.7 Å². The van der Waals surface area contributed by atoms with E-state index in [0.29, 0.717) is 10.8 Å². The van der Waals surface area contributed by atoms with Crippen molar-refractivity contribution >= 4 is 28.7 Å². The fourth-order valence-electron chi connectivity index (χ4n) is 1.63. The number of rotatable bonds is 7. The number of nitrogens with one attached hydrogen (secondary N) is 2. The van der Waals surface area contributed by atoms with Crippen LogP contribution in [0.2, 0.25) is 0 Å². The zero-order valence-corrected chi connectivity index (χ0v) is 11.8. The van der Waals surface area contributed by atoms with Crippen molar-refractivity contribution in [1.29, 1.82) is 0 Å². The van der Waals surface area contributed by atoms with Gasteiger partial charge in [0.2, 0.25) is 0 Å². The van der Waals surface area contributed by atoms with Gasteiger partial charge in [0.15, 0.2) is 5.11 Å². The Bertz CT molecular complexity index is 438. The molecule has 0 fully saturated rings. The van der Waals surface area contributed by atoms with Gasteiger partial charge < -0.3 is 10.6 Å². The molecule has 5 nitrogen and oxygen atoms in total. The van der Waals surface area contributed by atoms with Crippen molar-refractivity contribution < 1.29 is 4.92 Å². The third-order valence-electron chi connectivity index (χ3n) is 2.63. The molecule has 0 amide bonds. The highest BCUT2D eigenvalue weighted by Crippen LogP contribution is 2.16. The average molecular weight is 281 g/mol. The molecular formula is C13H19N3O2S. The van der Waals surface area contributed by atoms with Gasteiger partial charge in [0.1, 0.15) is 0 Å². The Morgan fingerprint density at radius 1 is 1.37 bits per heavy atom. The summed E-state index contributed by atoms with van der Waals surface area (Å²) in [6, 6.07) is 6.29. The summed E-state index contributed by atoms with van der Waals surface area (Å²) in [4.78, 5) is 10.2. The van der Waals surface area contributed by atoms with E-state index in [9.17, 15) is 10.1 Å². The maximum absolute atomic E-state index is 10.6. The number of nitrogens with zero attached hydrogens (tertiary/aromatic N) is 1. The van der Waals surface area contributed by atoms with Crippen molar-refractivity contribution in [2.75, 3.05) is 11.9 Å². The second kappa shape index (κ2) is 8.42. The maximum Gasteiger partial charge on any atom is 0.271 e. The van der Waals surface area contributed by atoms with Gasteiger partial charge in [0, 0.05) is 24.4 Å². The minimum absolute atomic E-state index is 0.0516. The van der Waals surface area contributed by atoms with Crippen molar-refractivity contribution in [2.45, 2.75) is 32.6 Å². The Labute approximate surface area is 118 Å². The minimum atomic E-state index is -0.424. The summed E-state index contributed by atoms with van der Waals surface area (Å²) in [5, 5.41) is 17.2. The highest BCUT2D eigenvalue weighted by molar-refractivity contribution is 7.80. The molecule has 0 spiro atoms. The molecule has 0 unspecified atom stereocenters. The maximum atomic E-state index is 10.6. The van der Waals surface area contributed by atoms with Crippen LogP contribution in [-0.4, -0.2) is 16.6 Å². The fourth-order valence-corrected chi connectivity index (χ4v) is 1.85. The highest BCUT2D eigenvalue weighted by Gasteiger charge is 2.06. The number of unbranched alkanes of at least 4 members (excludes halogenated alkanes) is 3. The first-order chi connectivity index (χ1) is 9.13. The number of nitro benzene ring substituents is 1. The van der Waals surface area contributed by atoms with Gasteiger partial charge in [-0.2, -0.15) is 0 Å². The number of anilines is 1. The van der Waals surface area contributed by atoms with E-state index in [-0.39, 0.29) is 5.69 Å². The molecule has 0 aromatic heterocycles. The molecule has 19 heavy (non-hydrogen) atoms. The quantitative estimate of drug-likeness (QED) is 0.347. The number of hydrogen-bond donors (Lipinski definition) is 2. The summed E-state index contributed by atoms with van der Waals surface area (Å²) >= 11 is 5.13. The first kappa shape index (κ1) is 15.4. The van der Waals surface area contributed by atoms with Gasteiger partial charge in [-0.3, -0.25) is 10.1 Å². The fraction of sp³-hybridized carbons (Fsp3) is 0.462. The standard InChI is InChI=1S/C13H19N3O2S/c1-2-3-4-5-9-14-13(19)15-11-7-6-8-12(10-11)16(17)18/h6-8,10H,2-5,9H2,1H3,(H2,14,15,19). The van der Waals surface area contributed by atoms with E-state index in [1.54, 1.807) is 12.1 Å². The van der Waals surface area contributed by atoms with E-state index in [2.05, 4.69) is 17.6 Å². The first-order valence-corrected chi connectivity index (χ1v) is 6.83. The van der Waals surface area contributed by atoms with Crippen LogP contribution in [0.25, 0.3) is 0 Å². The Morgan fingerprint density at radius 3 is 2.84 bits per heavy atom. The minimum Gasteiger partial charge on any atom is -0.362 e. The van der Waals surface area contributed by atoms with E-state index in [1.807, 2.05) is 0 Å². The molecule has 1 aromatic carbocycles. The van der Waals surface area contributed by atoms with Crippen molar-refractivity contribution in [2.24, 2.45) is 0 Å². The molecule has 104 valence electrons. The van der Waals surface area contributed by atoms with Gasteiger partial charge in [-0.1, -0.05) is 32.3 Å². The van der Waals surface area contributed by atoms with Crippen molar-refractivity contribution in [3.05, 3.63) is 34.4 Å². The molecule has 0 bridgehead atoms. The Balaban J connectivity index is 2.35. The number of non-ortho nitro benzene ring substituents is 1. The molecular weight excluding hydrogens is 262 g/mol. The van der Waals surface area contributed by atoms with Crippen LogP contribution in [0.5, 0.6) is 0 Å². The van der Waals surface area contributed by atoms with E-state index in [1.165, 1.54) is 31.4 Å². The van der Waals surface area contributed by atoms with E-state index >= 15 is 0 Å². The van der Waals surface area contributed by atoms with Crippen LogP contribution in [0.15, 0.2) is 24.3 Å². The third kappa shape index (κ3) is 6.15. The van der Waals surface area contributed by atoms with Gasteiger partial charge in [-0.15, -0.1) is 0 Å². The predicted molar refractivity (Wildman–Crippen MR) is 81.5 cm³/mol. The molecule has 0 radical (unpaired) electrons. The second-order valence-electron chi connectivity index (χ2n) is 4.25. The monoisotopic (exact) mass is 281 g/mol. The summed E-state index contributed by atoms with van der Waals surface area (Å²) < 4.78 is 0. The van der Waals surface area contributed by atoms with Crippen molar-refractivity contribution in [1.82, 2.24) is 5.32 Å². The van der Waals surface area contributed by atoms with Crippen LogP contribution in [-0.2, 0) is 0 Å². The Hall–Kier alpha value is -1.69. The predicted octanol–water partition coefficient (Wildman–Crippen LogP) is 3.46. The SMILES string of the molecule is CCCCCCNC(=S)Nc1cccc([N+](=O)[O-])c1. The van der Waals surface area contributed by atoms with Gasteiger partial charge >= 0.3 is 0 Å². The van der Waals surface area contributed by atoms with E-state index in [0.717, 1.165) is 13.0 Å². The summed E-state index contributed by atoms with van der Waals surface area (Å²) in [6.07, 6.45) is 4.69. The van der Waals surface area contributed by atoms with Crippen LogP contribution in [0, 0.1) is 10.1 Å². The van der Waals surface area contributed by atoms with Crippen molar-refractivity contribution in [3.63, 3.8) is 0 Å². The van der Waals surface area contributed by atoms with Crippen LogP contribution < -0.4 is 10.6 Å². The topological polar surface area (TPSA) is 67.2 Å². The highest BCUT2D eigenvalue weighted by atomic mass is 32.1. The lowest BCUT2D eigenvalue weighted by atomic mass is 10.2. The van der Waals surface area contributed by atoms with E-state index in [4.69, 9.17) is 12.2 Å². The van der Waals surface area contributed by atoms with Crippen LogP contribution >= 0.6 is 12.2 Å². The smallest absolute Gasteiger partial charge is 0.271 e. The average Bonchev–Trinajstić information content (AvgIpc) is 2.38. The zero-order valence-electron chi connectivity index (χ0n) is 11.0. The summed E-state index contributed by atoms with van der Waals surface area (Å²) in [5.41, 5.74) is 0.677. The summed E-state index contributed by atoms with van der Waals surface area (Å²) in [5.74, 6) is 0. The molecule has 6 heteroatoms. The van der Waals surface area contributed by atoms with E-state index < -0.39 is 4.92 Å². The number of benzene rings is 1. The molecule has 1 rings (SSSR count). The molecule has 0 saturated carbocycles. The molecule has 0 atom stereocenters. The second-order valence-corrected chi connectivity index (χ2v) is 4.66. The molecule has 0 aliphatic heterocycles. The Morgan fingerprint density at radius 2 is 2.16 bits per heavy atom. The number of hydrogen-bond acceptors (Lipinski definition) is 3. The largest absolute Gasteiger partial charge is 0.362 e.